The van der Waals surface area contributed by atoms with Gasteiger partial charge in [-0.25, -0.2) is 0 Å². The number of hydrogen-bond donors (Lipinski definition) is 1. The van der Waals surface area contributed by atoms with Gasteiger partial charge in [0, 0.05) is 30.0 Å². The number of halogens is 2. The Bertz CT molecular complexity index is 1280. The molecule has 8 heteroatoms. The molecule has 0 fully saturated rings. The molecule has 0 aliphatic carbocycles. The lowest BCUT2D eigenvalue weighted by atomic mass is 10.1. The van der Waals surface area contributed by atoms with Crippen molar-refractivity contribution in [2.45, 2.75) is 20.8 Å². The molecule has 32 heavy (non-hydrogen) atoms. The zero-order valence-electron chi connectivity index (χ0n) is 18.1. The van der Waals surface area contributed by atoms with Gasteiger partial charge in [-0.15, -0.1) is 10.2 Å². The first-order valence-electron chi connectivity index (χ1n) is 10.4. The zero-order valence-corrected chi connectivity index (χ0v) is 19.6. The molecular formula is C24H23Cl2N5O. The number of carbonyl (C=O) groups excluding carboxylic acids is 1. The first-order chi connectivity index (χ1) is 15.4. The highest BCUT2D eigenvalue weighted by Gasteiger charge is 2.13. The summed E-state index contributed by atoms with van der Waals surface area (Å²) in [7, 11) is 0. The summed E-state index contributed by atoms with van der Waals surface area (Å²) in [6.45, 7) is 8.10. The number of aryl methyl sites for hydroxylation is 1. The number of rotatable bonds is 6. The van der Waals surface area contributed by atoms with Crippen LogP contribution in [0.1, 0.15) is 29.8 Å². The smallest absolute Gasteiger partial charge is 0.255 e. The molecule has 0 atom stereocenters. The molecule has 4 aromatic rings. The molecule has 0 aliphatic rings. The number of aromatic nitrogens is 3. The zero-order chi connectivity index (χ0) is 22.8. The van der Waals surface area contributed by atoms with Gasteiger partial charge in [-0.05, 0) is 80.9 Å². The second-order valence-corrected chi connectivity index (χ2v) is 8.23. The summed E-state index contributed by atoms with van der Waals surface area (Å²) in [5, 5.41) is 12.9. The maximum Gasteiger partial charge on any atom is 0.255 e. The van der Waals surface area contributed by atoms with Crippen molar-refractivity contribution in [2.24, 2.45) is 0 Å². The van der Waals surface area contributed by atoms with Crippen LogP contribution >= 0.6 is 23.2 Å². The minimum absolute atomic E-state index is 0.273. The summed E-state index contributed by atoms with van der Waals surface area (Å²) in [6.07, 6.45) is 0. The van der Waals surface area contributed by atoms with E-state index in [1.165, 1.54) is 5.69 Å². The van der Waals surface area contributed by atoms with E-state index in [-0.39, 0.29) is 5.91 Å². The minimum Gasteiger partial charge on any atom is -0.372 e. The second kappa shape index (κ2) is 9.18. The van der Waals surface area contributed by atoms with Crippen LogP contribution in [-0.2, 0) is 0 Å². The highest BCUT2D eigenvalue weighted by atomic mass is 35.5. The molecule has 0 radical (unpaired) electrons. The highest BCUT2D eigenvalue weighted by molar-refractivity contribution is 6.42. The minimum atomic E-state index is -0.273. The van der Waals surface area contributed by atoms with Crippen LogP contribution in [0, 0.1) is 6.92 Å². The molecule has 0 aliphatic heterocycles. The van der Waals surface area contributed by atoms with E-state index in [0.29, 0.717) is 26.8 Å². The van der Waals surface area contributed by atoms with Crippen LogP contribution in [0.4, 0.5) is 11.4 Å². The summed E-state index contributed by atoms with van der Waals surface area (Å²) in [4.78, 5) is 16.6. The lowest BCUT2D eigenvalue weighted by Gasteiger charge is -2.20. The van der Waals surface area contributed by atoms with E-state index in [1.807, 2.05) is 31.2 Å². The van der Waals surface area contributed by atoms with Crippen LogP contribution in [-0.4, -0.2) is 34.0 Å². The molecule has 0 unspecified atom stereocenters. The van der Waals surface area contributed by atoms with Crippen molar-refractivity contribution in [3.63, 3.8) is 0 Å². The van der Waals surface area contributed by atoms with E-state index in [4.69, 9.17) is 23.2 Å². The molecule has 1 amide bonds. The van der Waals surface area contributed by atoms with Crippen molar-refractivity contribution in [3.05, 3.63) is 75.8 Å². The van der Waals surface area contributed by atoms with Gasteiger partial charge in [0.05, 0.1) is 15.7 Å². The van der Waals surface area contributed by atoms with Gasteiger partial charge in [-0.2, -0.15) is 4.80 Å². The Kier molecular flexibility index (Phi) is 6.35. The Morgan fingerprint density at radius 3 is 2.22 bits per heavy atom. The molecule has 164 valence electrons. The Balaban J connectivity index is 1.60. The lowest BCUT2D eigenvalue weighted by molar-refractivity contribution is 0.102. The van der Waals surface area contributed by atoms with Crippen LogP contribution < -0.4 is 10.2 Å². The molecule has 1 N–H and O–H groups in total. The topological polar surface area (TPSA) is 63.1 Å². The quantitative estimate of drug-likeness (QED) is 0.370. The van der Waals surface area contributed by atoms with Crippen molar-refractivity contribution >= 4 is 51.5 Å². The van der Waals surface area contributed by atoms with Crippen LogP contribution in [0.5, 0.6) is 0 Å². The molecule has 4 rings (SSSR count). The molecule has 3 aromatic carbocycles. The largest absolute Gasteiger partial charge is 0.372 e. The van der Waals surface area contributed by atoms with E-state index in [9.17, 15) is 4.79 Å². The molecule has 0 bridgehead atoms. The van der Waals surface area contributed by atoms with Crippen LogP contribution in [0.25, 0.3) is 16.7 Å². The van der Waals surface area contributed by atoms with Gasteiger partial charge in [-0.1, -0.05) is 23.2 Å². The Morgan fingerprint density at radius 2 is 1.59 bits per heavy atom. The van der Waals surface area contributed by atoms with Crippen LogP contribution in [0.15, 0.2) is 54.6 Å². The van der Waals surface area contributed by atoms with Crippen molar-refractivity contribution in [1.29, 1.82) is 0 Å². The van der Waals surface area contributed by atoms with Crippen molar-refractivity contribution in [2.75, 3.05) is 23.3 Å². The van der Waals surface area contributed by atoms with Gasteiger partial charge >= 0.3 is 0 Å². The van der Waals surface area contributed by atoms with Crippen LogP contribution in [0.2, 0.25) is 10.0 Å². The number of carbonyl (C=O) groups is 1. The van der Waals surface area contributed by atoms with E-state index < -0.39 is 0 Å². The number of fused-ring (bicyclic) bond motifs is 1. The first kappa shape index (κ1) is 22.1. The molecule has 1 heterocycles. The number of hydrogen-bond acceptors (Lipinski definition) is 4. The molecule has 1 aromatic heterocycles. The van der Waals surface area contributed by atoms with Gasteiger partial charge in [0.25, 0.3) is 5.91 Å². The first-order valence-corrected chi connectivity index (χ1v) is 11.1. The average Bonchev–Trinajstić information content (AvgIpc) is 3.19. The van der Waals surface area contributed by atoms with Gasteiger partial charge in [-0.3, -0.25) is 4.79 Å². The maximum atomic E-state index is 12.7. The summed E-state index contributed by atoms with van der Waals surface area (Å²) < 4.78 is 0. The monoisotopic (exact) mass is 467 g/mol. The summed E-state index contributed by atoms with van der Waals surface area (Å²) in [5.74, 6) is -0.273. The van der Waals surface area contributed by atoms with E-state index in [0.717, 1.165) is 29.9 Å². The van der Waals surface area contributed by atoms with E-state index >= 15 is 0 Å². The third-order valence-corrected chi connectivity index (χ3v) is 6.10. The van der Waals surface area contributed by atoms with Gasteiger partial charge < -0.3 is 10.2 Å². The van der Waals surface area contributed by atoms with Gasteiger partial charge in [0.1, 0.15) is 11.0 Å². The van der Waals surface area contributed by atoms with Crippen molar-refractivity contribution in [3.8, 4) is 5.69 Å². The second-order valence-electron chi connectivity index (χ2n) is 7.42. The SMILES string of the molecule is CCN(CC)c1ccc(-n2nc3cc(C)c(NC(=O)c4ccc(Cl)c(Cl)c4)cc3n2)cc1. The third kappa shape index (κ3) is 4.42. The number of nitrogens with one attached hydrogen (secondary N) is 1. The Hall–Kier alpha value is -3.09. The number of nitrogens with zero attached hydrogens (tertiary/aromatic N) is 4. The lowest BCUT2D eigenvalue weighted by Crippen LogP contribution is -2.21. The third-order valence-electron chi connectivity index (χ3n) is 5.37. The number of benzene rings is 3. The molecule has 6 nitrogen and oxygen atoms in total. The fraction of sp³-hybridized carbons (Fsp3) is 0.208. The molecule has 0 saturated carbocycles. The molecule has 0 spiro atoms. The fourth-order valence-corrected chi connectivity index (χ4v) is 3.83. The summed E-state index contributed by atoms with van der Waals surface area (Å²) in [5.41, 5.74) is 5.45. The average molecular weight is 468 g/mol. The van der Waals surface area contributed by atoms with Gasteiger partial charge in [0.2, 0.25) is 0 Å². The number of amides is 1. The maximum absolute atomic E-state index is 12.7. The van der Waals surface area contributed by atoms with E-state index in [1.54, 1.807) is 23.0 Å². The number of anilines is 2. The normalized spacial score (nSPS) is 11.0. The Labute approximate surface area is 196 Å². The highest BCUT2D eigenvalue weighted by Crippen LogP contribution is 2.26. The predicted octanol–water partition coefficient (Wildman–Crippen LogP) is 6.13. The van der Waals surface area contributed by atoms with E-state index in [2.05, 4.69) is 46.4 Å². The van der Waals surface area contributed by atoms with Gasteiger partial charge in [0.15, 0.2) is 0 Å². The van der Waals surface area contributed by atoms with Crippen molar-refractivity contribution in [1.82, 2.24) is 15.0 Å². The Morgan fingerprint density at radius 1 is 0.938 bits per heavy atom. The molecular weight excluding hydrogens is 445 g/mol. The molecule has 0 saturated heterocycles. The standard InChI is InChI=1S/C24H23Cl2N5O/c1-4-30(5-2)17-7-9-18(10-8-17)31-28-22-12-15(3)21(14-23(22)29-31)27-24(32)16-6-11-19(25)20(26)13-16/h6-14H,4-5H2,1-3H3,(H,27,32). The van der Waals surface area contributed by atoms with Crippen molar-refractivity contribution < 1.29 is 4.79 Å². The van der Waals surface area contributed by atoms with Crippen LogP contribution in [0.3, 0.4) is 0 Å². The summed E-state index contributed by atoms with van der Waals surface area (Å²) >= 11 is 12.0. The summed E-state index contributed by atoms with van der Waals surface area (Å²) in [6, 6.07) is 16.7. The fourth-order valence-electron chi connectivity index (χ4n) is 3.54. The predicted molar refractivity (Wildman–Crippen MR) is 132 cm³/mol.